The predicted octanol–water partition coefficient (Wildman–Crippen LogP) is 2.84. The van der Waals surface area contributed by atoms with Crippen molar-refractivity contribution in [2.75, 3.05) is 26.7 Å². The van der Waals surface area contributed by atoms with E-state index in [-0.39, 0.29) is 0 Å². The lowest BCUT2D eigenvalue weighted by molar-refractivity contribution is 0.167. The summed E-state index contributed by atoms with van der Waals surface area (Å²) < 4.78 is 5.28. The van der Waals surface area contributed by atoms with E-state index < -0.39 is 0 Å². The minimum atomic E-state index is 0.745. The highest BCUT2D eigenvalue weighted by Crippen LogP contribution is 2.26. The van der Waals surface area contributed by atoms with Crippen LogP contribution in [0.15, 0.2) is 24.3 Å². The van der Waals surface area contributed by atoms with Crippen LogP contribution in [0.2, 0.25) is 0 Å². The van der Waals surface area contributed by atoms with E-state index in [1.165, 1.54) is 50.8 Å². The molecule has 0 saturated carbocycles. The zero-order valence-electron chi connectivity index (χ0n) is 13.2. The minimum absolute atomic E-state index is 0.745. The van der Waals surface area contributed by atoms with Gasteiger partial charge in [0.1, 0.15) is 5.75 Å². The van der Waals surface area contributed by atoms with Crippen LogP contribution in [0.4, 0.5) is 0 Å². The van der Waals surface area contributed by atoms with Crippen molar-refractivity contribution in [1.82, 2.24) is 10.2 Å². The number of fused-ring (bicyclic) bond motifs is 1. The summed E-state index contributed by atoms with van der Waals surface area (Å²) in [5, 5.41) is 3.78. The molecule has 2 fully saturated rings. The molecule has 2 aliphatic heterocycles. The monoisotopic (exact) mass is 288 g/mol. The highest BCUT2D eigenvalue weighted by Gasteiger charge is 2.31. The standard InChI is InChI=1S/C18H28N2O/c1-21-18-8-2-5-15(13-18)6-3-10-19-16-9-12-20-11-4-7-17(20)14-16/h2,5,8,13,16-17,19H,3-4,6-7,9-12,14H2,1H3/t16-,17-/m0/s1. The fourth-order valence-electron chi connectivity index (χ4n) is 3.84. The molecule has 2 atom stereocenters. The van der Waals surface area contributed by atoms with Crippen LogP contribution in [-0.2, 0) is 6.42 Å². The lowest BCUT2D eigenvalue weighted by Gasteiger charge is -2.35. The second-order valence-corrected chi connectivity index (χ2v) is 6.46. The molecule has 1 aromatic carbocycles. The van der Waals surface area contributed by atoms with E-state index >= 15 is 0 Å². The van der Waals surface area contributed by atoms with Crippen molar-refractivity contribution in [2.24, 2.45) is 0 Å². The minimum Gasteiger partial charge on any atom is -0.497 e. The van der Waals surface area contributed by atoms with Crippen LogP contribution in [0.25, 0.3) is 0 Å². The number of rotatable bonds is 6. The molecule has 0 bridgehead atoms. The maximum absolute atomic E-state index is 5.28. The molecule has 116 valence electrons. The Kier molecular flexibility index (Phi) is 5.15. The molecule has 2 saturated heterocycles. The van der Waals surface area contributed by atoms with Gasteiger partial charge in [-0.25, -0.2) is 0 Å². The number of benzene rings is 1. The Hall–Kier alpha value is -1.06. The van der Waals surface area contributed by atoms with Gasteiger partial charge in [-0.15, -0.1) is 0 Å². The molecular weight excluding hydrogens is 260 g/mol. The van der Waals surface area contributed by atoms with Gasteiger partial charge in [-0.1, -0.05) is 12.1 Å². The van der Waals surface area contributed by atoms with Gasteiger partial charge in [-0.05, 0) is 75.9 Å². The van der Waals surface area contributed by atoms with E-state index in [0.717, 1.165) is 30.8 Å². The Bertz CT molecular complexity index is 449. The van der Waals surface area contributed by atoms with Crippen molar-refractivity contribution < 1.29 is 4.74 Å². The van der Waals surface area contributed by atoms with Gasteiger partial charge in [0, 0.05) is 12.1 Å². The summed E-state index contributed by atoms with van der Waals surface area (Å²) in [6, 6.07) is 10.1. The first-order valence-corrected chi connectivity index (χ1v) is 8.45. The average molecular weight is 288 g/mol. The van der Waals surface area contributed by atoms with Crippen LogP contribution < -0.4 is 10.1 Å². The maximum Gasteiger partial charge on any atom is 0.119 e. The lowest BCUT2D eigenvalue weighted by atomic mass is 9.97. The quantitative estimate of drug-likeness (QED) is 0.815. The molecule has 0 aliphatic carbocycles. The van der Waals surface area contributed by atoms with E-state index in [1.807, 2.05) is 6.07 Å². The number of hydrogen-bond donors (Lipinski definition) is 1. The number of nitrogens with one attached hydrogen (secondary N) is 1. The van der Waals surface area contributed by atoms with Crippen LogP contribution in [-0.4, -0.2) is 43.7 Å². The molecule has 0 spiro atoms. The van der Waals surface area contributed by atoms with Gasteiger partial charge < -0.3 is 15.0 Å². The first-order chi connectivity index (χ1) is 10.3. The second-order valence-electron chi connectivity index (χ2n) is 6.46. The van der Waals surface area contributed by atoms with Crippen LogP contribution in [0.1, 0.15) is 37.7 Å². The number of nitrogens with zero attached hydrogens (tertiary/aromatic N) is 1. The number of piperidine rings is 1. The largest absolute Gasteiger partial charge is 0.497 e. The van der Waals surface area contributed by atoms with Gasteiger partial charge in [0.2, 0.25) is 0 Å². The summed E-state index contributed by atoms with van der Waals surface area (Å²) in [5.74, 6) is 0.967. The number of methoxy groups -OCH3 is 1. The van der Waals surface area contributed by atoms with E-state index in [2.05, 4.69) is 28.4 Å². The van der Waals surface area contributed by atoms with Crippen molar-refractivity contribution in [3.63, 3.8) is 0 Å². The van der Waals surface area contributed by atoms with Crippen LogP contribution in [0, 0.1) is 0 Å². The molecule has 2 heterocycles. The first kappa shape index (κ1) is 14.9. The molecule has 0 aromatic heterocycles. The molecule has 2 aliphatic rings. The third-order valence-corrected chi connectivity index (χ3v) is 5.03. The topological polar surface area (TPSA) is 24.5 Å². The van der Waals surface area contributed by atoms with Gasteiger partial charge in [0.05, 0.1) is 7.11 Å². The van der Waals surface area contributed by atoms with Gasteiger partial charge in [0.25, 0.3) is 0 Å². The van der Waals surface area contributed by atoms with Crippen molar-refractivity contribution >= 4 is 0 Å². The van der Waals surface area contributed by atoms with Gasteiger partial charge >= 0.3 is 0 Å². The molecule has 3 rings (SSSR count). The van der Waals surface area contributed by atoms with Gasteiger partial charge in [-0.2, -0.15) is 0 Å². The summed E-state index contributed by atoms with van der Waals surface area (Å²) in [6.45, 7) is 3.78. The highest BCUT2D eigenvalue weighted by atomic mass is 16.5. The molecule has 0 radical (unpaired) electrons. The second kappa shape index (κ2) is 7.28. The van der Waals surface area contributed by atoms with E-state index in [1.54, 1.807) is 7.11 Å². The van der Waals surface area contributed by atoms with Crippen molar-refractivity contribution in [3.8, 4) is 5.75 Å². The normalized spacial score (nSPS) is 25.8. The Morgan fingerprint density at radius 1 is 1.29 bits per heavy atom. The first-order valence-electron chi connectivity index (χ1n) is 8.45. The highest BCUT2D eigenvalue weighted by molar-refractivity contribution is 5.28. The van der Waals surface area contributed by atoms with Crippen LogP contribution >= 0.6 is 0 Å². The average Bonchev–Trinajstić information content (AvgIpc) is 2.99. The van der Waals surface area contributed by atoms with Gasteiger partial charge in [-0.3, -0.25) is 0 Å². The summed E-state index contributed by atoms with van der Waals surface area (Å²) in [4.78, 5) is 2.69. The van der Waals surface area contributed by atoms with Gasteiger partial charge in [0.15, 0.2) is 0 Å². The third-order valence-electron chi connectivity index (χ3n) is 5.03. The number of hydrogen-bond acceptors (Lipinski definition) is 3. The molecule has 3 heteroatoms. The summed E-state index contributed by atoms with van der Waals surface area (Å²) in [5.41, 5.74) is 1.38. The molecular formula is C18H28N2O. The molecule has 0 unspecified atom stereocenters. The number of aryl methyl sites for hydroxylation is 1. The van der Waals surface area contributed by atoms with E-state index in [9.17, 15) is 0 Å². The molecule has 21 heavy (non-hydrogen) atoms. The smallest absolute Gasteiger partial charge is 0.119 e. The van der Waals surface area contributed by atoms with E-state index in [0.29, 0.717) is 0 Å². The lowest BCUT2D eigenvalue weighted by Crippen LogP contribution is -2.45. The fourth-order valence-corrected chi connectivity index (χ4v) is 3.84. The van der Waals surface area contributed by atoms with Crippen molar-refractivity contribution in [2.45, 2.75) is 50.6 Å². The Balaban J connectivity index is 1.36. The van der Waals surface area contributed by atoms with Crippen LogP contribution in [0.5, 0.6) is 5.75 Å². The fraction of sp³-hybridized carbons (Fsp3) is 0.667. The maximum atomic E-state index is 5.28. The van der Waals surface area contributed by atoms with Crippen LogP contribution in [0.3, 0.4) is 0 Å². The van der Waals surface area contributed by atoms with Crippen molar-refractivity contribution in [1.29, 1.82) is 0 Å². The Morgan fingerprint density at radius 2 is 2.24 bits per heavy atom. The molecule has 3 nitrogen and oxygen atoms in total. The molecule has 1 N–H and O–H groups in total. The Morgan fingerprint density at radius 3 is 3.14 bits per heavy atom. The Labute approximate surface area is 128 Å². The molecule has 1 aromatic rings. The SMILES string of the molecule is COc1cccc(CCCN[C@H]2CCN3CCC[C@H]3C2)c1. The predicted molar refractivity (Wildman–Crippen MR) is 86.9 cm³/mol. The summed E-state index contributed by atoms with van der Waals surface area (Å²) in [7, 11) is 1.73. The zero-order chi connectivity index (χ0) is 14.5. The summed E-state index contributed by atoms with van der Waals surface area (Å²) >= 11 is 0. The van der Waals surface area contributed by atoms with E-state index in [4.69, 9.17) is 4.74 Å². The molecule has 0 amide bonds. The number of ether oxygens (including phenoxy) is 1. The van der Waals surface area contributed by atoms with Crippen molar-refractivity contribution in [3.05, 3.63) is 29.8 Å². The third kappa shape index (κ3) is 3.98. The summed E-state index contributed by atoms with van der Waals surface area (Å²) in [6.07, 6.45) is 7.86. The zero-order valence-corrected chi connectivity index (χ0v) is 13.2.